The van der Waals surface area contributed by atoms with Gasteiger partial charge in [-0.3, -0.25) is 4.98 Å². The van der Waals surface area contributed by atoms with E-state index >= 15 is 0 Å². The molecule has 3 rings (SSSR count). The first kappa shape index (κ1) is 14.2. The third kappa shape index (κ3) is 2.22. The summed E-state index contributed by atoms with van der Waals surface area (Å²) in [5, 5.41) is 1.89. The molecule has 1 aromatic heterocycles. The molecule has 0 fully saturated rings. The molecule has 0 unspecified atom stereocenters. The van der Waals surface area contributed by atoms with E-state index in [1.54, 1.807) is 14.2 Å². The summed E-state index contributed by atoms with van der Waals surface area (Å²) >= 11 is 0. The summed E-state index contributed by atoms with van der Waals surface area (Å²) in [5.74, 6) is 1.33. The highest BCUT2D eigenvalue weighted by Gasteiger charge is 2.15. The summed E-state index contributed by atoms with van der Waals surface area (Å²) in [6.45, 7) is 1.97. The number of fused-ring (bicyclic) bond motifs is 1. The van der Waals surface area contributed by atoms with Crippen LogP contribution in [0.5, 0.6) is 11.5 Å². The van der Waals surface area contributed by atoms with Gasteiger partial charge in [0.2, 0.25) is 0 Å². The summed E-state index contributed by atoms with van der Waals surface area (Å²) in [7, 11) is 3.24. The van der Waals surface area contributed by atoms with Crippen LogP contribution in [0.4, 0.5) is 5.69 Å². The molecule has 0 radical (unpaired) electrons. The van der Waals surface area contributed by atoms with Crippen LogP contribution in [-0.2, 0) is 0 Å². The molecule has 0 saturated carbocycles. The van der Waals surface area contributed by atoms with Crippen molar-refractivity contribution in [1.29, 1.82) is 0 Å². The molecule has 4 heteroatoms. The van der Waals surface area contributed by atoms with Gasteiger partial charge in [-0.25, -0.2) is 0 Å². The zero-order valence-corrected chi connectivity index (χ0v) is 12.9. The van der Waals surface area contributed by atoms with Gasteiger partial charge in [0.15, 0.2) is 11.5 Å². The molecule has 0 saturated heterocycles. The molecule has 4 nitrogen and oxygen atoms in total. The van der Waals surface area contributed by atoms with Gasteiger partial charge in [0, 0.05) is 22.0 Å². The Hall–Kier alpha value is -2.75. The van der Waals surface area contributed by atoms with Crippen LogP contribution in [0.2, 0.25) is 0 Å². The number of benzene rings is 2. The fourth-order valence-electron chi connectivity index (χ4n) is 2.63. The van der Waals surface area contributed by atoms with Crippen LogP contribution in [0, 0.1) is 6.92 Å². The predicted octanol–water partition coefficient (Wildman–Crippen LogP) is 3.81. The van der Waals surface area contributed by atoms with Gasteiger partial charge >= 0.3 is 0 Å². The molecule has 3 aromatic rings. The molecule has 0 aliphatic rings. The van der Waals surface area contributed by atoms with Gasteiger partial charge in [-0.05, 0) is 19.1 Å². The number of aromatic nitrogens is 1. The Morgan fingerprint density at radius 1 is 0.909 bits per heavy atom. The molecule has 112 valence electrons. The average molecular weight is 294 g/mol. The van der Waals surface area contributed by atoms with Crippen LogP contribution in [-0.4, -0.2) is 19.2 Å². The average Bonchev–Trinajstić information content (AvgIpc) is 2.57. The standard InChI is InChI=1S/C18H18N2O2/c1-11-13-9-15(21-2)16(22-3)10-14(13)17(19)18(20-11)12-7-5-4-6-8-12/h4-10H,19H2,1-3H3. The minimum atomic E-state index is 0.646. The molecular weight excluding hydrogens is 276 g/mol. The lowest BCUT2D eigenvalue weighted by Gasteiger charge is -2.14. The van der Waals surface area contributed by atoms with Gasteiger partial charge in [0.05, 0.1) is 25.6 Å². The molecule has 1 heterocycles. The Labute approximate surface area is 129 Å². The van der Waals surface area contributed by atoms with Crippen LogP contribution in [0.3, 0.4) is 0 Å². The molecule has 0 bridgehead atoms. The van der Waals surface area contributed by atoms with Crippen molar-refractivity contribution in [3.05, 3.63) is 48.2 Å². The van der Waals surface area contributed by atoms with Crippen molar-refractivity contribution in [2.45, 2.75) is 6.92 Å². The van der Waals surface area contributed by atoms with Crippen LogP contribution in [0.25, 0.3) is 22.0 Å². The summed E-state index contributed by atoms with van der Waals surface area (Å²) in [6, 6.07) is 13.8. The summed E-state index contributed by atoms with van der Waals surface area (Å²) < 4.78 is 10.7. The lowest BCUT2D eigenvalue weighted by Crippen LogP contribution is -1.99. The first-order valence-corrected chi connectivity index (χ1v) is 7.03. The van der Waals surface area contributed by atoms with Crippen molar-refractivity contribution < 1.29 is 9.47 Å². The zero-order valence-electron chi connectivity index (χ0n) is 12.9. The SMILES string of the molecule is COc1cc2c(C)nc(-c3ccccc3)c(N)c2cc1OC. The molecule has 0 amide bonds. The maximum absolute atomic E-state index is 6.38. The quantitative estimate of drug-likeness (QED) is 0.798. The summed E-state index contributed by atoms with van der Waals surface area (Å²) in [4.78, 5) is 4.68. The van der Waals surface area contributed by atoms with Crippen LogP contribution in [0.15, 0.2) is 42.5 Å². The second-order valence-electron chi connectivity index (χ2n) is 5.08. The normalized spacial score (nSPS) is 10.7. The van der Waals surface area contributed by atoms with E-state index in [2.05, 4.69) is 4.98 Å². The smallest absolute Gasteiger partial charge is 0.161 e. The van der Waals surface area contributed by atoms with E-state index in [0.717, 1.165) is 27.7 Å². The van der Waals surface area contributed by atoms with Gasteiger partial charge in [-0.15, -0.1) is 0 Å². The maximum Gasteiger partial charge on any atom is 0.161 e. The van der Waals surface area contributed by atoms with E-state index in [-0.39, 0.29) is 0 Å². The lowest BCUT2D eigenvalue weighted by molar-refractivity contribution is 0.356. The Morgan fingerprint density at radius 3 is 2.09 bits per heavy atom. The van der Waals surface area contributed by atoms with E-state index in [1.165, 1.54) is 0 Å². The minimum Gasteiger partial charge on any atom is -0.493 e. The molecule has 0 aliphatic heterocycles. The molecule has 0 atom stereocenters. The first-order valence-electron chi connectivity index (χ1n) is 7.03. The number of pyridine rings is 1. The maximum atomic E-state index is 6.38. The minimum absolute atomic E-state index is 0.646. The third-order valence-corrected chi connectivity index (χ3v) is 3.79. The van der Waals surface area contributed by atoms with Crippen LogP contribution in [0.1, 0.15) is 5.69 Å². The number of aryl methyl sites for hydroxylation is 1. The highest BCUT2D eigenvalue weighted by atomic mass is 16.5. The number of nitrogens with two attached hydrogens (primary N) is 1. The molecular formula is C18H18N2O2. The second kappa shape index (κ2) is 5.56. The fraction of sp³-hybridized carbons (Fsp3) is 0.167. The van der Waals surface area contributed by atoms with Crippen molar-refractivity contribution in [2.24, 2.45) is 0 Å². The van der Waals surface area contributed by atoms with Gasteiger partial charge in [-0.1, -0.05) is 30.3 Å². The highest BCUT2D eigenvalue weighted by Crippen LogP contribution is 2.38. The number of nitrogens with zero attached hydrogens (tertiary/aromatic N) is 1. The Balaban J connectivity index is 2.33. The number of hydrogen-bond acceptors (Lipinski definition) is 4. The summed E-state index contributed by atoms with van der Waals surface area (Å²) in [5.41, 5.74) is 9.72. The van der Waals surface area contributed by atoms with Crippen molar-refractivity contribution in [3.63, 3.8) is 0 Å². The first-order chi connectivity index (χ1) is 10.7. The summed E-state index contributed by atoms with van der Waals surface area (Å²) in [6.07, 6.45) is 0. The topological polar surface area (TPSA) is 57.4 Å². The largest absolute Gasteiger partial charge is 0.493 e. The van der Waals surface area contributed by atoms with Crippen molar-refractivity contribution >= 4 is 16.5 Å². The number of hydrogen-bond donors (Lipinski definition) is 1. The predicted molar refractivity (Wildman–Crippen MR) is 89.4 cm³/mol. The number of ether oxygens (including phenoxy) is 2. The van der Waals surface area contributed by atoms with Crippen molar-refractivity contribution in [3.8, 4) is 22.8 Å². The Bertz CT molecular complexity index is 830. The molecule has 0 aliphatic carbocycles. The van der Waals surface area contributed by atoms with Gasteiger partial charge in [0.25, 0.3) is 0 Å². The van der Waals surface area contributed by atoms with Gasteiger partial charge in [0.1, 0.15) is 0 Å². The number of nitrogen functional groups attached to an aromatic ring is 1. The Kier molecular flexibility index (Phi) is 3.59. The molecule has 22 heavy (non-hydrogen) atoms. The highest BCUT2D eigenvalue weighted by molar-refractivity contribution is 6.01. The fourth-order valence-corrected chi connectivity index (χ4v) is 2.63. The number of anilines is 1. The van der Waals surface area contributed by atoms with Crippen molar-refractivity contribution in [2.75, 3.05) is 20.0 Å². The van der Waals surface area contributed by atoms with E-state index < -0.39 is 0 Å². The van der Waals surface area contributed by atoms with Crippen LogP contribution >= 0.6 is 0 Å². The number of methoxy groups -OCH3 is 2. The zero-order chi connectivity index (χ0) is 15.7. The monoisotopic (exact) mass is 294 g/mol. The third-order valence-electron chi connectivity index (χ3n) is 3.79. The van der Waals surface area contributed by atoms with Gasteiger partial charge < -0.3 is 15.2 Å². The van der Waals surface area contributed by atoms with Gasteiger partial charge in [-0.2, -0.15) is 0 Å². The lowest BCUT2D eigenvalue weighted by atomic mass is 10.0. The Morgan fingerprint density at radius 2 is 1.50 bits per heavy atom. The molecule has 0 spiro atoms. The van der Waals surface area contributed by atoms with E-state index in [0.29, 0.717) is 17.2 Å². The van der Waals surface area contributed by atoms with E-state index in [1.807, 2.05) is 49.4 Å². The van der Waals surface area contributed by atoms with Crippen LogP contribution < -0.4 is 15.2 Å². The number of rotatable bonds is 3. The van der Waals surface area contributed by atoms with Crippen molar-refractivity contribution in [1.82, 2.24) is 4.98 Å². The molecule has 2 N–H and O–H groups in total. The second-order valence-corrected chi connectivity index (χ2v) is 5.08. The molecule has 2 aromatic carbocycles. The van der Waals surface area contributed by atoms with E-state index in [9.17, 15) is 0 Å². The van der Waals surface area contributed by atoms with E-state index in [4.69, 9.17) is 15.2 Å².